The summed E-state index contributed by atoms with van der Waals surface area (Å²) in [7, 11) is 0. The van der Waals surface area contributed by atoms with Crippen LogP contribution in [0.5, 0.6) is 0 Å². The summed E-state index contributed by atoms with van der Waals surface area (Å²) in [4.78, 5) is 8.18. The maximum atomic E-state index is 5.24. The summed E-state index contributed by atoms with van der Waals surface area (Å²) >= 11 is 5.25. The Morgan fingerprint density at radius 2 is 2.31 bits per heavy atom. The number of hydrazine groups is 1. The number of aromatic nitrogens is 2. The number of halogens is 1. The molecule has 1 aromatic heterocycles. The van der Waals surface area contributed by atoms with E-state index in [9.17, 15) is 0 Å². The Balaban J connectivity index is 2.40. The Labute approximate surface area is 108 Å². The van der Waals surface area contributed by atoms with Gasteiger partial charge < -0.3 is 5.32 Å². The Bertz CT molecular complexity index is 323. The van der Waals surface area contributed by atoms with Crippen molar-refractivity contribution in [1.82, 2.24) is 9.97 Å². The number of nitrogen functional groups attached to an aromatic ring is 1. The number of thioether (sulfide) groups is 1. The average Bonchev–Trinajstić information content (AvgIpc) is 2.31. The summed E-state index contributed by atoms with van der Waals surface area (Å²) < 4.78 is 0.844. The summed E-state index contributed by atoms with van der Waals surface area (Å²) in [6.07, 6.45) is 6.13. The molecule has 0 saturated heterocycles. The van der Waals surface area contributed by atoms with Crippen molar-refractivity contribution >= 4 is 39.5 Å². The molecule has 0 spiro atoms. The van der Waals surface area contributed by atoms with Gasteiger partial charge in [0, 0.05) is 12.7 Å². The fraction of sp³-hybridized carbons (Fsp3) is 0.556. The van der Waals surface area contributed by atoms with Crippen LogP contribution in [0.4, 0.5) is 11.8 Å². The van der Waals surface area contributed by atoms with Crippen LogP contribution in [-0.2, 0) is 0 Å². The van der Waals surface area contributed by atoms with E-state index < -0.39 is 0 Å². The molecule has 0 fully saturated rings. The van der Waals surface area contributed by atoms with Crippen molar-refractivity contribution in [3.05, 3.63) is 10.7 Å². The van der Waals surface area contributed by atoms with Gasteiger partial charge in [0.15, 0.2) is 0 Å². The highest BCUT2D eigenvalue weighted by Gasteiger charge is 2.03. The first kappa shape index (κ1) is 13.5. The van der Waals surface area contributed by atoms with E-state index in [-0.39, 0.29) is 0 Å². The maximum absolute atomic E-state index is 5.24. The van der Waals surface area contributed by atoms with Gasteiger partial charge in [-0.15, -0.1) is 0 Å². The minimum atomic E-state index is 0.412. The van der Waals surface area contributed by atoms with E-state index in [0.29, 0.717) is 5.95 Å². The molecule has 0 saturated carbocycles. The second kappa shape index (κ2) is 7.70. The molecule has 0 aliphatic carbocycles. The molecule has 0 atom stereocenters. The lowest BCUT2D eigenvalue weighted by Gasteiger charge is -2.08. The van der Waals surface area contributed by atoms with Crippen LogP contribution < -0.4 is 16.6 Å². The average molecular weight is 306 g/mol. The molecule has 7 heteroatoms. The van der Waals surface area contributed by atoms with E-state index in [1.807, 2.05) is 11.8 Å². The molecule has 0 aromatic carbocycles. The van der Waals surface area contributed by atoms with Gasteiger partial charge in [0.05, 0.1) is 4.47 Å². The molecule has 0 bridgehead atoms. The number of nitrogens with one attached hydrogen (secondary N) is 2. The lowest BCUT2D eigenvalue weighted by molar-refractivity contribution is 0.838. The molecule has 16 heavy (non-hydrogen) atoms. The van der Waals surface area contributed by atoms with Crippen LogP contribution in [0, 0.1) is 0 Å². The first-order valence-corrected chi connectivity index (χ1v) is 7.18. The number of hydrogen-bond acceptors (Lipinski definition) is 6. The van der Waals surface area contributed by atoms with Crippen LogP contribution >= 0.6 is 27.7 Å². The van der Waals surface area contributed by atoms with Gasteiger partial charge in [0.1, 0.15) is 5.82 Å². The second-order valence-corrected chi connectivity index (χ2v) is 5.00. The van der Waals surface area contributed by atoms with Crippen LogP contribution in [0.1, 0.15) is 12.8 Å². The molecular formula is C9H16BrN5S. The van der Waals surface area contributed by atoms with Crippen LogP contribution in [-0.4, -0.2) is 28.5 Å². The first-order chi connectivity index (χ1) is 7.77. The standard InChI is InChI=1S/C9H16BrN5S/c1-16-5-3-2-4-12-8-7(10)6-13-9(14-8)15-11/h6H,2-5,11H2,1H3,(H2,12,13,14,15). The molecule has 0 aliphatic rings. The second-order valence-electron chi connectivity index (χ2n) is 3.16. The van der Waals surface area contributed by atoms with E-state index in [0.717, 1.165) is 23.3 Å². The zero-order valence-electron chi connectivity index (χ0n) is 9.16. The van der Waals surface area contributed by atoms with Gasteiger partial charge in [0.25, 0.3) is 0 Å². The molecule has 0 unspecified atom stereocenters. The van der Waals surface area contributed by atoms with Gasteiger partial charge in [0.2, 0.25) is 5.95 Å². The van der Waals surface area contributed by atoms with Crippen LogP contribution in [0.25, 0.3) is 0 Å². The minimum absolute atomic E-state index is 0.412. The van der Waals surface area contributed by atoms with Gasteiger partial charge in [-0.1, -0.05) is 0 Å². The molecule has 90 valence electrons. The quantitative estimate of drug-likeness (QED) is 0.407. The lowest BCUT2D eigenvalue weighted by Crippen LogP contribution is -2.12. The molecular weight excluding hydrogens is 290 g/mol. The zero-order chi connectivity index (χ0) is 11.8. The van der Waals surface area contributed by atoms with Crippen molar-refractivity contribution in [2.75, 3.05) is 29.3 Å². The normalized spacial score (nSPS) is 10.2. The highest BCUT2D eigenvalue weighted by Crippen LogP contribution is 2.19. The fourth-order valence-electron chi connectivity index (χ4n) is 1.14. The Morgan fingerprint density at radius 1 is 1.50 bits per heavy atom. The van der Waals surface area contributed by atoms with Gasteiger partial charge >= 0.3 is 0 Å². The van der Waals surface area contributed by atoms with E-state index in [1.165, 1.54) is 12.2 Å². The predicted molar refractivity (Wildman–Crippen MR) is 73.6 cm³/mol. The summed E-state index contributed by atoms with van der Waals surface area (Å²) in [6, 6.07) is 0. The van der Waals surface area contributed by atoms with Crippen LogP contribution in [0.3, 0.4) is 0 Å². The SMILES string of the molecule is CSCCCCNc1nc(NN)ncc1Br. The smallest absolute Gasteiger partial charge is 0.239 e. The zero-order valence-corrected chi connectivity index (χ0v) is 11.6. The third kappa shape index (κ3) is 4.54. The fourth-order valence-corrected chi connectivity index (χ4v) is 1.96. The van der Waals surface area contributed by atoms with Gasteiger partial charge in [-0.3, -0.25) is 5.43 Å². The Hall–Kier alpha value is -0.530. The van der Waals surface area contributed by atoms with E-state index in [1.54, 1.807) is 6.20 Å². The van der Waals surface area contributed by atoms with Crippen molar-refractivity contribution in [2.24, 2.45) is 5.84 Å². The number of unbranched alkanes of at least 4 members (excludes halogenated alkanes) is 1. The Kier molecular flexibility index (Phi) is 6.51. The van der Waals surface area contributed by atoms with E-state index in [4.69, 9.17) is 5.84 Å². The lowest BCUT2D eigenvalue weighted by atomic mass is 10.3. The van der Waals surface area contributed by atoms with Crippen LogP contribution in [0.2, 0.25) is 0 Å². The minimum Gasteiger partial charge on any atom is -0.369 e. The molecule has 4 N–H and O–H groups in total. The number of nitrogens with zero attached hydrogens (tertiary/aromatic N) is 2. The largest absolute Gasteiger partial charge is 0.369 e. The summed E-state index contributed by atoms with van der Waals surface area (Å²) in [5.41, 5.74) is 2.42. The van der Waals surface area contributed by atoms with Gasteiger partial charge in [-0.2, -0.15) is 16.7 Å². The molecule has 5 nitrogen and oxygen atoms in total. The van der Waals surface area contributed by atoms with Crippen molar-refractivity contribution < 1.29 is 0 Å². The van der Waals surface area contributed by atoms with E-state index in [2.05, 4.69) is 42.9 Å². The molecule has 0 aliphatic heterocycles. The predicted octanol–water partition coefficient (Wildman–Crippen LogP) is 2.08. The van der Waals surface area contributed by atoms with Gasteiger partial charge in [-0.25, -0.2) is 10.8 Å². The number of hydrogen-bond donors (Lipinski definition) is 3. The summed E-state index contributed by atoms with van der Waals surface area (Å²) in [5, 5.41) is 3.24. The van der Waals surface area contributed by atoms with Gasteiger partial charge in [-0.05, 0) is 40.8 Å². The van der Waals surface area contributed by atoms with E-state index >= 15 is 0 Å². The first-order valence-electron chi connectivity index (χ1n) is 5.00. The monoisotopic (exact) mass is 305 g/mol. The molecule has 1 aromatic rings. The highest BCUT2D eigenvalue weighted by atomic mass is 79.9. The van der Waals surface area contributed by atoms with Crippen molar-refractivity contribution in [1.29, 1.82) is 0 Å². The number of rotatable bonds is 7. The highest BCUT2D eigenvalue weighted by molar-refractivity contribution is 9.10. The van der Waals surface area contributed by atoms with Crippen molar-refractivity contribution in [3.63, 3.8) is 0 Å². The van der Waals surface area contributed by atoms with Crippen molar-refractivity contribution in [2.45, 2.75) is 12.8 Å². The third-order valence-corrected chi connectivity index (χ3v) is 3.22. The molecule has 0 amide bonds. The summed E-state index contributed by atoms with van der Waals surface area (Å²) in [5.74, 6) is 7.62. The maximum Gasteiger partial charge on any atom is 0.239 e. The molecule has 0 radical (unpaired) electrons. The van der Waals surface area contributed by atoms with Crippen molar-refractivity contribution in [3.8, 4) is 0 Å². The summed E-state index contributed by atoms with van der Waals surface area (Å²) in [6.45, 7) is 0.903. The third-order valence-electron chi connectivity index (χ3n) is 1.94. The van der Waals surface area contributed by atoms with Crippen LogP contribution in [0.15, 0.2) is 10.7 Å². The number of anilines is 2. The molecule has 1 rings (SSSR count). The Morgan fingerprint density at radius 3 is 3.00 bits per heavy atom. The topological polar surface area (TPSA) is 75.9 Å². The molecule has 1 heterocycles. The number of nitrogens with two attached hydrogens (primary N) is 1.